The molecule has 3 rings (SSSR count). The summed E-state index contributed by atoms with van der Waals surface area (Å²) in [4.78, 5) is 16.2. The van der Waals surface area contributed by atoms with Crippen molar-refractivity contribution in [3.8, 4) is 0 Å². The lowest BCUT2D eigenvalue weighted by Crippen LogP contribution is -2.42. The van der Waals surface area contributed by atoms with Gasteiger partial charge in [-0.3, -0.25) is 4.79 Å². The number of rotatable bonds is 7. The number of amides is 1. The van der Waals surface area contributed by atoms with Crippen molar-refractivity contribution >= 4 is 11.7 Å². The van der Waals surface area contributed by atoms with Crippen LogP contribution in [0.15, 0.2) is 34.9 Å². The van der Waals surface area contributed by atoms with Crippen molar-refractivity contribution in [1.82, 2.24) is 20.4 Å². The van der Waals surface area contributed by atoms with Gasteiger partial charge in [-0.05, 0) is 44.0 Å². The summed E-state index contributed by atoms with van der Waals surface area (Å²) < 4.78 is 5.52. The van der Waals surface area contributed by atoms with Gasteiger partial charge in [-0.15, -0.1) is 5.10 Å². The molecule has 1 N–H and O–H groups in total. The Hall–Kier alpha value is -2.41. The summed E-state index contributed by atoms with van der Waals surface area (Å²) >= 11 is 0. The Morgan fingerprint density at radius 2 is 2.32 bits per heavy atom. The summed E-state index contributed by atoms with van der Waals surface area (Å²) in [7, 11) is 1.79. The molecule has 0 unspecified atom stereocenters. The minimum absolute atomic E-state index is 0.0538. The van der Waals surface area contributed by atoms with E-state index in [1.165, 1.54) is 0 Å². The van der Waals surface area contributed by atoms with E-state index in [1.54, 1.807) is 18.1 Å². The highest BCUT2D eigenvalue weighted by Crippen LogP contribution is 2.22. The summed E-state index contributed by atoms with van der Waals surface area (Å²) in [5, 5.41) is 11.4. The molecule has 25 heavy (non-hydrogen) atoms. The average Bonchev–Trinajstić information content (AvgIpc) is 3.24. The highest BCUT2D eigenvalue weighted by molar-refractivity contribution is 5.77. The third kappa shape index (κ3) is 4.57. The van der Waals surface area contributed by atoms with Crippen LogP contribution < -0.4 is 10.2 Å². The number of carbonyl (C=O) groups excluding carboxylic acids is 1. The zero-order valence-electron chi connectivity index (χ0n) is 14.8. The van der Waals surface area contributed by atoms with E-state index < -0.39 is 0 Å². The van der Waals surface area contributed by atoms with E-state index in [2.05, 4.69) is 20.4 Å². The van der Waals surface area contributed by atoms with Gasteiger partial charge in [0.15, 0.2) is 5.82 Å². The third-order valence-electron chi connectivity index (χ3n) is 4.50. The number of hydrogen-bond donors (Lipinski definition) is 1. The Bertz CT molecular complexity index is 688. The Balaban J connectivity index is 1.44. The lowest BCUT2D eigenvalue weighted by molar-refractivity contribution is -0.129. The first-order valence-electron chi connectivity index (χ1n) is 8.68. The number of hydrogen-bond acceptors (Lipinski definition) is 6. The van der Waals surface area contributed by atoms with Crippen LogP contribution in [-0.2, 0) is 11.3 Å². The Kier molecular flexibility index (Phi) is 5.65. The van der Waals surface area contributed by atoms with Gasteiger partial charge in [-0.1, -0.05) is 0 Å². The minimum Gasteiger partial charge on any atom is -0.464 e. The van der Waals surface area contributed by atoms with E-state index in [0.29, 0.717) is 19.1 Å². The fourth-order valence-electron chi connectivity index (χ4n) is 3.17. The number of nitrogens with zero attached hydrogens (tertiary/aromatic N) is 4. The van der Waals surface area contributed by atoms with Crippen LogP contribution in [0, 0.1) is 6.92 Å². The van der Waals surface area contributed by atoms with Gasteiger partial charge in [-0.25, -0.2) is 0 Å². The first-order valence-corrected chi connectivity index (χ1v) is 8.68. The summed E-state index contributed by atoms with van der Waals surface area (Å²) in [6.45, 7) is 4.45. The maximum atomic E-state index is 12.3. The fraction of sp³-hybridized carbons (Fsp3) is 0.500. The van der Waals surface area contributed by atoms with Gasteiger partial charge in [0.2, 0.25) is 5.91 Å². The molecule has 0 aliphatic carbocycles. The van der Waals surface area contributed by atoms with Crippen LogP contribution in [0.2, 0.25) is 0 Å². The number of furan rings is 1. The van der Waals surface area contributed by atoms with E-state index >= 15 is 0 Å². The van der Waals surface area contributed by atoms with Gasteiger partial charge in [0, 0.05) is 32.4 Å². The van der Waals surface area contributed by atoms with E-state index in [1.807, 2.05) is 31.2 Å². The number of likely N-dealkylation sites (N-methyl/N-ethyl adjacent to an activating group) is 1. The van der Waals surface area contributed by atoms with Crippen molar-refractivity contribution in [3.63, 3.8) is 0 Å². The van der Waals surface area contributed by atoms with Crippen LogP contribution >= 0.6 is 0 Å². The second-order valence-electron chi connectivity index (χ2n) is 6.46. The molecular formula is C18H25N5O2. The SMILES string of the molecule is Cc1ccc(CN(C)C(=O)CNC[C@@H]2CCCN2c2cccnn2)o1. The van der Waals surface area contributed by atoms with Crippen molar-refractivity contribution in [1.29, 1.82) is 0 Å². The zero-order valence-corrected chi connectivity index (χ0v) is 14.8. The van der Waals surface area contributed by atoms with Gasteiger partial charge in [0.1, 0.15) is 11.5 Å². The van der Waals surface area contributed by atoms with Crippen molar-refractivity contribution in [2.45, 2.75) is 32.4 Å². The highest BCUT2D eigenvalue weighted by Gasteiger charge is 2.25. The molecule has 7 heteroatoms. The lowest BCUT2D eigenvalue weighted by Gasteiger charge is -2.25. The quantitative estimate of drug-likeness (QED) is 0.823. The molecule has 3 heterocycles. The van der Waals surface area contributed by atoms with E-state index in [0.717, 1.165) is 43.3 Å². The number of carbonyl (C=O) groups is 1. The minimum atomic E-state index is 0.0538. The Morgan fingerprint density at radius 3 is 3.04 bits per heavy atom. The Morgan fingerprint density at radius 1 is 1.44 bits per heavy atom. The van der Waals surface area contributed by atoms with Crippen LogP contribution in [0.4, 0.5) is 5.82 Å². The number of aromatic nitrogens is 2. The molecule has 1 aliphatic rings. The smallest absolute Gasteiger partial charge is 0.236 e. The molecule has 2 aromatic rings. The maximum absolute atomic E-state index is 12.3. The average molecular weight is 343 g/mol. The number of aryl methyl sites for hydroxylation is 1. The predicted molar refractivity (Wildman–Crippen MR) is 95.2 cm³/mol. The van der Waals surface area contributed by atoms with Crippen LogP contribution in [0.3, 0.4) is 0 Å². The molecule has 7 nitrogen and oxygen atoms in total. The first kappa shape index (κ1) is 17.4. The van der Waals surface area contributed by atoms with Crippen molar-refractivity contribution < 1.29 is 9.21 Å². The highest BCUT2D eigenvalue weighted by atomic mass is 16.3. The maximum Gasteiger partial charge on any atom is 0.236 e. The van der Waals surface area contributed by atoms with Crippen LogP contribution in [0.1, 0.15) is 24.4 Å². The molecule has 1 aliphatic heterocycles. The van der Waals surface area contributed by atoms with E-state index in [4.69, 9.17) is 4.42 Å². The molecule has 1 amide bonds. The molecule has 0 bridgehead atoms. The standard InChI is InChI=1S/C18H25N5O2/c1-14-7-8-16(25-14)13-22(2)18(24)12-19-11-15-5-4-10-23(15)17-6-3-9-20-21-17/h3,6-9,15,19H,4-5,10-13H2,1-2H3/t15-/m0/s1. The third-order valence-corrected chi connectivity index (χ3v) is 4.50. The molecule has 1 atom stereocenters. The second-order valence-corrected chi connectivity index (χ2v) is 6.46. The van der Waals surface area contributed by atoms with Gasteiger partial charge in [0.25, 0.3) is 0 Å². The molecule has 0 radical (unpaired) electrons. The molecule has 0 saturated carbocycles. The van der Waals surface area contributed by atoms with Crippen molar-refractivity contribution in [2.75, 3.05) is 31.6 Å². The van der Waals surface area contributed by atoms with E-state index in [9.17, 15) is 4.79 Å². The molecule has 1 saturated heterocycles. The van der Waals surface area contributed by atoms with Gasteiger partial charge >= 0.3 is 0 Å². The zero-order chi connectivity index (χ0) is 17.6. The Labute approximate surface area is 148 Å². The topological polar surface area (TPSA) is 74.5 Å². The molecule has 0 aromatic carbocycles. The summed E-state index contributed by atoms with van der Waals surface area (Å²) in [6, 6.07) is 8.05. The van der Waals surface area contributed by atoms with Gasteiger partial charge in [-0.2, -0.15) is 5.10 Å². The summed E-state index contributed by atoms with van der Waals surface area (Å²) in [5.41, 5.74) is 0. The van der Waals surface area contributed by atoms with Crippen LogP contribution in [-0.4, -0.2) is 53.7 Å². The number of anilines is 1. The molecule has 1 fully saturated rings. The van der Waals surface area contributed by atoms with Gasteiger partial charge in [0.05, 0.1) is 13.1 Å². The normalized spacial score (nSPS) is 17.0. The van der Waals surface area contributed by atoms with Gasteiger partial charge < -0.3 is 19.5 Å². The van der Waals surface area contributed by atoms with E-state index in [-0.39, 0.29) is 5.91 Å². The van der Waals surface area contributed by atoms with Crippen LogP contribution in [0.5, 0.6) is 0 Å². The lowest BCUT2D eigenvalue weighted by atomic mass is 10.2. The first-order chi connectivity index (χ1) is 12.1. The largest absolute Gasteiger partial charge is 0.464 e. The van der Waals surface area contributed by atoms with Crippen molar-refractivity contribution in [2.24, 2.45) is 0 Å². The molecule has 134 valence electrons. The molecule has 0 spiro atoms. The predicted octanol–water partition coefficient (Wildman–Crippen LogP) is 1.60. The fourth-order valence-corrected chi connectivity index (χ4v) is 3.17. The second kappa shape index (κ2) is 8.11. The van der Waals surface area contributed by atoms with Crippen LogP contribution in [0.25, 0.3) is 0 Å². The van der Waals surface area contributed by atoms with Crippen molar-refractivity contribution in [3.05, 3.63) is 42.0 Å². The molecular weight excluding hydrogens is 318 g/mol. The summed E-state index contributed by atoms with van der Waals surface area (Å²) in [6.07, 6.45) is 3.91. The monoisotopic (exact) mass is 343 g/mol. The summed E-state index contributed by atoms with van der Waals surface area (Å²) in [5.74, 6) is 2.62. The molecule has 2 aromatic heterocycles. The number of nitrogens with one attached hydrogen (secondary N) is 1.